The lowest BCUT2D eigenvalue weighted by Gasteiger charge is -2.20. The van der Waals surface area contributed by atoms with E-state index in [0.717, 1.165) is 35.4 Å². The van der Waals surface area contributed by atoms with E-state index in [4.69, 9.17) is 9.47 Å². The fourth-order valence-corrected chi connectivity index (χ4v) is 3.77. The SMILES string of the molecule is CCCCCCCCCCCC(Oc1ccc(OC)cc1)n1nnc2ccccc21. The van der Waals surface area contributed by atoms with E-state index in [-0.39, 0.29) is 6.23 Å². The van der Waals surface area contributed by atoms with Gasteiger partial charge in [-0.3, -0.25) is 0 Å². The lowest BCUT2D eigenvalue weighted by atomic mass is 10.1. The Morgan fingerprint density at radius 1 is 0.800 bits per heavy atom. The maximum atomic E-state index is 6.34. The van der Waals surface area contributed by atoms with Crippen LogP contribution in [0.2, 0.25) is 0 Å². The van der Waals surface area contributed by atoms with Crippen LogP contribution in [0.3, 0.4) is 0 Å². The summed E-state index contributed by atoms with van der Waals surface area (Å²) in [7, 11) is 1.67. The number of para-hydroxylation sites is 1. The Balaban J connectivity index is 1.57. The van der Waals surface area contributed by atoms with Gasteiger partial charge in [0, 0.05) is 6.42 Å². The number of hydrogen-bond acceptors (Lipinski definition) is 4. The van der Waals surface area contributed by atoms with E-state index in [1.807, 2.05) is 47.1 Å². The summed E-state index contributed by atoms with van der Waals surface area (Å²) < 4.78 is 13.5. The van der Waals surface area contributed by atoms with Crippen molar-refractivity contribution in [3.05, 3.63) is 48.5 Å². The van der Waals surface area contributed by atoms with E-state index in [1.54, 1.807) is 7.11 Å². The molecule has 0 amide bonds. The Morgan fingerprint density at radius 3 is 2.13 bits per heavy atom. The van der Waals surface area contributed by atoms with Crippen molar-refractivity contribution in [3.8, 4) is 11.5 Å². The summed E-state index contributed by atoms with van der Waals surface area (Å²) in [6.45, 7) is 2.27. The zero-order chi connectivity index (χ0) is 21.0. The molecule has 1 aromatic heterocycles. The molecule has 0 N–H and O–H groups in total. The van der Waals surface area contributed by atoms with Gasteiger partial charge in [0.25, 0.3) is 0 Å². The fraction of sp³-hybridized carbons (Fsp3) is 0.520. The fourth-order valence-electron chi connectivity index (χ4n) is 3.77. The van der Waals surface area contributed by atoms with Gasteiger partial charge in [0.1, 0.15) is 17.0 Å². The van der Waals surface area contributed by atoms with E-state index in [2.05, 4.69) is 23.3 Å². The van der Waals surface area contributed by atoms with Crippen LogP contribution >= 0.6 is 0 Å². The van der Waals surface area contributed by atoms with Gasteiger partial charge in [-0.25, -0.2) is 4.68 Å². The average molecular weight is 410 g/mol. The molecular formula is C25H35N3O2. The number of nitrogens with zero attached hydrogens (tertiary/aromatic N) is 3. The number of methoxy groups -OCH3 is 1. The van der Waals surface area contributed by atoms with Crippen LogP contribution < -0.4 is 9.47 Å². The smallest absolute Gasteiger partial charge is 0.193 e. The van der Waals surface area contributed by atoms with Crippen molar-refractivity contribution in [3.63, 3.8) is 0 Å². The molecule has 0 bridgehead atoms. The molecule has 5 heteroatoms. The Hall–Kier alpha value is -2.56. The van der Waals surface area contributed by atoms with Crippen molar-refractivity contribution in [2.45, 2.75) is 77.4 Å². The first kappa shape index (κ1) is 22.1. The minimum atomic E-state index is -0.171. The van der Waals surface area contributed by atoms with Crippen LogP contribution in [0.5, 0.6) is 11.5 Å². The van der Waals surface area contributed by atoms with Crippen LogP contribution in [0.15, 0.2) is 48.5 Å². The Labute approximate surface area is 180 Å². The molecule has 0 fully saturated rings. The average Bonchev–Trinajstić information content (AvgIpc) is 3.22. The highest BCUT2D eigenvalue weighted by molar-refractivity contribution is 5.73. The van der Waals surface area contributed by atoms with Crippen LogP contribution in [0.25, 0.3) is 11.0 Å². The highest BCUT2D eigenvalue weighted by Crippen LogP contribution is 2.26. The summed E-state index contributed by atoms with van der Waals surface area (Å²) >= 11 is 0. The molecule has 1 heterocycles. The molecule has 5 nitrogen and oxygen atoms in total. The molecule has 0 radical (unpaired) electrons. The summed E-state index contributed by atoms with van der Waals surface area (Å²) in [6, 6.07) is 15.8. The third-order valence-electron chi connectivity index (χ3n) is 5.54. The van der Waals surface area contributed by atoms with Gasteiger partial charge in [-0.05, 0) is 42.8 Å². The Kier molecular flexibility index (Phi) is 9.01. The molecule has 0 saturated heterocycles. The molecule has 0 aliphatic carbocycles. The van der Waals surface area contributed by atoms with Crippen molar-refractivity contribution in [2.75, 3.05) is 7.11 Å². The monoisotopic (exact) mass is 409 g/mol. The van der Waals surface area contributed by atoms with Gasteiger partial charge in [0.05, 0.1) is 12.6 Å². The summed E-state index contributed by atoms with van der Waals surface area (Å²) in [5.74, 6) is 1.64. The molecule has 3 rings (SSSR count). The normalized spacial score (nSPS) is 12.2. The largest absolute Gasteiger partial charge is 0.497 e. The first-order chi connectivity index (χ1) is 14.8. The van der Waals surface area contributed by atoms with E-state index in [1.165, 1.54) is 51.4 Å². The number of benzene rings is 2. The van der Waals surface area contributed by atoms with E-state index >= 15 is 0 Å². The predicted octanol–water partition coefficient (Wildman–Crippen LogP) is 6.94. The second-order valence-electron chi connectivity index (χ2n) is 7.89. The topological polar surface area (TPSA) is 49.2 Å². The van der Waals surface area contributed by atoms with Gasteiger partial charge in [0.2, 0.25) is 0 Å². The standard InChI is InChI=1S/C25H35N3O2/c1-3-4-5-6-7-8-9-10-11-16-25(30-22-19-17-21(29-2)18-20-22)28-24-15-13-12-14-23(24)26-27-28/h12-15,17-20,25H,3-11,16H2,1-2H3. The number of hydrogen-bond donors (Lipinski definition) is 0. The summed E-state index contributed by atoms with van der Waals surface area (Å²) in [6.07, 6.45) is 12.5. The van der Waals surface area contributed by atoms with Gasteiger partial charge in [-0.15, -0.1) is 5.10 Å². The molecule has 30 heavy (non-hydrogen) atoms. The first-order valence-corrected chi connectivity index (χ1v) is 11.4. The summed E-state index contributed by atoms with van der Waals surface area (Å²) in [4.78, 5) is 0. The number of fused-ring (bicyclic) bond motifs is 1. The van der Waals surface area contributed by atoms with Gasteiger partial charge >= 0.3 is 0 Å². The highest BCUT2D eigenvalue weighted by atomic mass is 16.5. The van der Waals surface area contributed by atoms with Gasteiger partial charge in [-0.2, -0.15) is 0 Å². The van der Waals surface area contributed by atoms with Gasteiger partial charge in [-0.1, -0.05) is 75.6 Å². The van der Waals surface area contributed by atoms with Crippen molar-refractivity contribution >= 4 is 11.0 Å². The zero-order valence-corrected chi connectivity index (χ0v) is 18.4. The molecule has 1 atom stereocenters. The molecule has 0 saturated carbocycles. The van der Waals surface area contributed by atoms with Crippen molar-refractivity contribution in [1.82, 2.24) is 15.0 Å². The van der Waals surface area contributed by atoms with Crippen LogP contribution in [-0.2, 0) is 0 Å². The molecular weight excluding hydrogens is 374 g/mol. The summed E-state index contributed by atoms with van der Waals surface area (Å²) in [5, 5.41) is 8.71. The Bertz CT molecular complexity index is 860. The van der Waals surface area contributed by atoms with E-state index in [9.17, 15) is 0 Å². The lowest BCUT2D eigenvalue weighted by Crippen LogP contribution is -2.17. The highest BCUT2D eigenvalue weighted by Gasteiger charge is 2.17. The zero-order valence-electron chi connectivity index (χ0n) is 18.4. The molecule has 1 unspecified atom stereocenters. The molecule has 0 spiro atoms. The maximum absolute atomic E-state index is 6.34. The maximum Gasteiger partial charge on any atom is 0.193 e. The van der Waals surface area contributed by atoms with Crippen molar-refractivity contribution in [2.24, 2.45) is 0 Å². The minimum Gasteiger partial charge on any atom is -0.497 e. The molecule has 162 valence electrons. The van der Waals surface area contributed by atoms with Crippen LogP contribution in [0.1, 0.15) is 77.4 Å². The predicted molar refractivity (Wildman–Crippen MR) is 122 cm³/mol. The number of unbranched alkanes of at least 4 members (excludes halogenated alkanes) is 8. The van der Waals surface area contributed by atoms with E-state index in [0.29, 0.717) is 0 Å². The second kappa shape index (κ2) is 12.2. The quantitative estimate of drug-likeness (QED) is 0.271. The van der Waals surface area contributed by atoms with Crippen LogP contribution in [0, 0.1) is 0 Å². The van der Waals surface area contributed by atoms with Crippen LogP contribution in [-0.4, -0.2) is 22.1 Å². The van der Waals surface area contributed by atoms with Gasteiger partial charge in [0.15, 0.2) is 6.23 Å². The third kappa shape index (κ3) is 6.48. The number of rotatable bonds is 14. The molecule has 2 aromatic carbocycles. The second-order valence-corrected chi connectivity index (χ2v) is 7.89. The number of aromatic nitrogens is 3. The van der Waals surface area contributed by atoms with Crippen LogP contribution in [0.4, 0.5) is 0 Å². The number of ether oxygens (including phenoxy) is 2. The Morgan fingerprint density at radius 2 is 1.43 bits per heavy atom. The van der Waals surface area contributed by atoms with Crippen molar-refractivity contribution in [1.29, 1.82) is 0 Å². The molecule has 0 aliphatic rings. The van der Waals surface area contributed by atoms with Crippen molar-refractivity contribution < 1.29 is 9.47 Å². The minimum absolute atomic E-state index is 0.171. The first-order valence-electron chi connectivity index (χ1n) is 11.4. The van der Waals surface area contributed by atoms with Gasteiger partial charge < -0.3 is 9.47 Å². The lowest BCUT2D eigenvalue weighted by molar-refractivity contribution is 0.107. The third-order valence-corrected chi connectivity index (χ3v) is 5.54. The summed E-state index contributed by atoms with van der Waals surface area (Å²) in [5.41, 5.74) is 1.90. The van der Waals surface area contributed by atoms with E-state index < -0.39 is 0 Å². The molecule has 0 aliphatic heterocycles. The molecule has 3 aromatic rings.